The van der Waals surface area contributed by atoms with Gasteiger partial charge in [-0.25, -0.2) is 19.4 Å². The molecule has 0 aliphatic carbocycles. The van der Waals surface area contributed by atoms with E-state index < -0.39 is 17.6 Å². The van der Waals surface area contributed by atoms with Gasteiger partial charge in [0.05, 0.1) is 18.2 Å². The van der Waals surface area contributed by atoms with Crippen molar-refractivity contribution in [3.8, 4) is 11.4 Å². The van der Waals surface area contributed by atoms with Gasteiger partial charge < -0.3 is 5.32 Å². The molecule has 6 nitrogen and oxygen atoms in total. The van der Waals surface area contributed by atoms with Crippen molar-refractivity contribution in [3.63, 3.8) is 0 Å². The van der Waals surface area contributed by atoms with Crippen LogP contribution in [0.3, 0.4) is 0 Å². The van der Waals surface area contributed by atoms with Crippen LogP contribution in [0.2, 0.25) is 0 Å². The normalized spacial score (nSPS) is 11.2. The van der Waals surface area contributed by atoms with Crippen LogP contribution in [0.5, 0.6) is 0 Å². The maximum Gasteiger partial charge on any atom is 0.417 e. The number of nitrogens with one attached hydrogen (secondary N) is 1. The number of benzene rings is 2. The van der Waals surface area contributed by atoms with Crippen LogP contribution in [0.1, 0.15) is 61.8 Å². The second-order valence-corrected chi connectivity index (χ2v) is 8.97. The van der Waals surface area contributed by atoms with Crippen LogP contribution in [0.4, 0.5) is 29.2 Å². The van der Waals surface area contributed by atoms with E-state index in [0.29, 0.717) is 22.4 Å². The summed E-state index contributed by atoms with van der Waals surface area (Å²) in [5.41, 5.74) is 0.381. The van der Waals surface area contributed by atoms with Gasteiger partial charge in [0.1, 0.15) is 11.6 Å². The van der Waals surface area contributed by atoms with Gasteiger partial charge in [0, 0.05) is 37.1 Å². The van der Waals surface area contributed by atoms with Crippen LogP contribution < -0.4 is 10.4 Å². The molecule has 0 aliphatic heterocycles. The molecule has 10 heteroatoms. The molecule has 1 heterocycles. The molecule has 3 aromatic rings. The Labute approximate surface area is 233 Å². The molecule has 40 heavy (non-hydrogen) atoms. The lowest BCUT2D eigenvalue weighted by atomic mass is 10.1. The minimum atomic E-state index is -4.62. The Morgan fingerprint density at radius 2 is 1.73 bits per heavy atom. The van der Waals surface area contributed by atoms with E-state index in [9.17, 15) is 17.6 Å². The van der Waals surface area contributed by atoms with E-state index in [4.69, 9.17) is 4.84 Å². The first-order valence-corrected chi connectivity index (χ1v) is 13.0. The highest BCUT2D eigenvalue weighted by atomic mass is 19.4. The summed E-state index contributed by atoms with van der Waals surface area (Å²) in [5.74, 6) is -0.314. The fourth-order valence-corrected chi connectivity index (χ4v) is 3.82. The Hall–Kier alpha value is -3.79. The molecule has 1 aromatic heterocycles. The highest BCUT2D eigenvalue weighted by Crippen LogP contribution is 2.37. The lowest BCUT2D eigenvalue weighted by Crippen LogP contribution is -2.21. The van der Waals surface area contributed by atoms with E-state index in [2.05, 4.69) is 40.7 Å². The molecule has 3 rings (SSSR count). The van der Waals surface area contributed by atoms with Gasteiger partial charge in [-0.3, -0.25) is 9.83 Å². The zero-order valence-electron chi connectivity index (χ0n) is 23.9. The van der Waals surface area contributed by atoms with Crippen LogP contribution in [0, 0.1) is 12.7 Å². The quantitative estimate of drug-likeness (QED) is 0.117. The number of hydrogen-bond acceptors (Lipinski definition) is 6. The van der Waals surface area contributed by atoms with Crippen molar-refractivity contribution in [2.24, 2.45) is 4.99 Å². The van der Waals surface area contributed by atoms with Crippen LogP contribution in [-0.4, -0.2) is 37.4 Å². The van der Waals surface area contributed by atoms with Crippen molar-refractivity contribution in [1.82, 2.24) is 9.97 Å². The Morgan fingerprint density at radius 1 is 1.07 bits per heavy atom. The zero-order chi connectivity index (χ0) is 29.9. The maximum atomic E-state index is 14.1. The molecule has 2 aromatic carbocycles. The molecule has 0 spiro atoms. The van der Waals surface area contributed by atoms with E-state index in [1.165, 1.54) is 81.5 Å². The first kappa shape index (κ1) is 32.4. The molecule has 0 radical (unpaired) electrons. The predicted octanol–water partition coefficient (Wildman–Crippen LogP) is 8.33. The molecule has 1 N–H and O–H groups in total. The van der Waals surface area contributed by atoms with Crippen LogP contribution in [0.15, 0.2) is 54.0 Å². The lowest BCUT2D eigenvalue weighted by molar-refractivity contribution is -0.137. The van der Waals surface area contributed by atoms with Gasteiger partial charge in [0.25, 0.3) is 0 Å². The molecule has 0 atom stereocenters. The Kier molecular flexibility index (Phi) is 12.3. The maximum absolute atomic E-state index is 14.1. The molecule has 0 amide bonds. The van der Waals surface area contributed by atoms with Crippen molar-refractivity contribution < 1.29 is 22.4 Å². The number of halogens is 4. The Balaban J connectivity index is 0.000000840. The van der Waals surface area contributed by atoms with E-state index in [-0.39, 0.29) is 23.0 Å². The second-order valence-electron chi connectivity index (χ2n) is 8.97. The topological polar surface area (TPSA) is 62.6 Å². The molecule has 0 saturated carbocycles. The van der Waals surface area contributed by atoms with Crippen molar-refractivity contribution in [3.05, 3.63) is 77.1 Å². The van der Waals surface area contributed by atoms with Crippen molar-refractivity contribution in [2.75, 3.05) is 31.6 Å². The lowest BCUT2D eigenvalue weighted by Gasteiger charge is -2.22. The molecule has 0 aliphatic rings. The van der Waals surface area contributed by atoms with Crippen LogP contribution in [-0.2, 0) is 11.0 Å². The van der Waals surface area contributed by atoms with Gasteiger partial charge in [0.15, 0.2) is 11.6 Å². The minimum Gasteiger partial charge on any atom is -0.339 e. The number of hydroxylamine groups is 1. The summed E-state index contributed by atoms with van der Waals surface area (Å²) in [6.45, 7) is 10.0. The van der Waals surface area contributed by atoms with Gasteiger partial charge in [-0.1, -0.05) is 76.4 Å². The number of anilines is 2. The predicted molar refractivity (Wildman–Crippen MR) is 155 cm³/mol. The molecule has 0 saturated heterocycles. The first-order valence-electron chi connectivity index (χ1n) is 13.0. The number of aliphatic imine (C=N–C) groups is 1. The summed E-state index contributed by atoms with van der Waals surface area (Å²) >= 11 is 0. The van der Waals surface area contributed by atoms with E-state index in [0.717, 1.165) is 6.07 Å². The van der Waals surface area contributed by atoms with Crippen molar-refractivity contribution in [2.45, 2.75) is 52.6 Å². The fourth-order valence-electron chi connectivity index (χ4n) is 3.82. The van der Waals surface area contributed by atoms with E-state index in [1.807, 2.05) is 0 Å². The van der Waals surface area contributed by atoms with Crippen molar-refractivity contribution in [1.29, 1.82) is 0 Å². The summed E-state index contributed by atoms with van der Waals surface area (Å²) in [7, 11) is 4.46. The molecule has 0 bridgehead atoms. The first-order chi connectivity index (χ1) is 19.0. The minimum absolute atomic E-state index is 0.125. The van der Waals surface area contributed by atoms with Gasteiger partial charge in [-0.15, -0.1) is 0 Å². The standard InChI is InChI=1S/C24H23F4N5O.C6H14/c1-14-16(10-8-12-20(14)25)15(2)30-22-18(13-29-3)23(33(4)34-5)32-21(31-22)17-9-6-7-11-19(17)24(26,27)28;1-3-5-6-4-2/h6-13H,2H2,1,3-5H3,(H,30,31,32);3-6H2,1-2H3. The molecular weight excluding hydrogens is 522 g/mol. The van der Waals surface area contributed by atoms with E-state index >= 15 is 0 Å². The third-order valence-corrected chi connectivity index (χ3v) is 6.05. The van der Waals surface area contributed by atoms with Gasteiger partial charge in [-0.05, 0) is 24.6 Å². The smallest absolute Gasteiger partial charge is 0.339 e. The highest BCUT2D eigenvalue weighted by molar-refractivity contribution is 5.95. The van der Waals surface area contributed by atoms with Crippen LogP contribution in [0.25, 0.3) is 17.1 Å². The molecule has 216 valence electrons. The average molecular weight is 560 g/mol. The molecule has 0 fully saturated rings. The zero-order valence-corrected chi connectivity index (χ0v) is 23.9. The number of rotatable bonds is 10. The third kappa shape index (κ3) is 8.35. The Morgan fingerprint density at radius 3 is 2.30 bits per heavy atom. The monoisotopic (exact) mass is 559 g/mol. The number of aromatic nitrogens is 2. The summed E-state index contributed by atoms with van der Waals surface area (Å²) in [5, 5.41) is 4.28. The number of nitrogens with zero attached hydrogens (tertiary/aromatic N) is 4. The Bertz CT molecular complexity index is 1300. The average Bonchev–Trinajstić information content (AvgIpc) is 2.93. The highest BCUT2D eigenvalue weighted by Gasteiger charge is 2.34. The molecular formula is C30H37F4N5O. The van der Waals surface area contributed by atoms with Gasteiger partial charge in [-0.2, -0.15) is 13.2 Å². The number of hydrogen-bond donors (Lipinski definition) is 1. The molecule has 0 unspecified atom stereocenters. The van der Waals surface area contributed by atoms with Crippen LogP contribution >= 0.6 is 0 Å². The summed E-state index contributed by atoms with van der Waals surface area (Å²) in [6.07, 6.45) is 2.36. The van der Waals surface area contributed by atoms with Gasteiger partial charge in [0.2, 0.25) is 0 Å². The second kappa shape index (κ2) is 15.1. The summed E-state index contributed by atoms with van der Waals surface area (Å²) < 4.78 is 55.2. The third-order valence-electron chi connectivity index (χ3n) is 6.05. The summed E-state index contributed by atoms with van der Waals surface area (Å²) in [4.78, 5) is 18.0. The SMILES string of the molecule is C=C(Nc1nc(-c2ccccc2C(F)(F)F)nc(N(C)OC)c1C=NC)c1cccc(F)c1C.CCCCCC. The van der Waals surface area contributed by atoms with Crippen molar-refractivity contribution >= 4 is 23.5 Å². The fraction of sp³-hybridized carbons (Fsp3) is 0.367. The number of unbranched alkanes of at least 4 members (excludes halogenated alkanes) is 3. The van der Waals surface area contributed by atoms with E-state index in [1.54, 1.807) is 20.0 Å². The largest absolute Gasteiger partial charge is 0.417 e. The summed E-state index contributed by atoms with van der Waals surface area (Å²) in [6, 6.07) is 9.54. The van der Waals surface area contributed by atoms with Gasteiger partial charge >= 0.3 is 6.18 Å². The number of alkyl halides is 3.